The summed E-state index contributed by atoms with van der Waals surface area (Å²) in [5.41, 5.74) is 4.86. The van der Waals surface area contributed by atoms with Crippen molar-refractivity contribution >= 4 is 17.7 Å². The van der Waals surface area contributed by atoms with E-state index in [0.717, 1.165) is 34.5 Å². The highest BCUT2D eigenvalue weighted by Crippen LogP contribution is 2.37. The van der Waals surface area contributed by atoms with Crippen LogP contribution in [0.15, 0.2) is 36.4 Å². The van der Waals surface area contributed by atoms with E-state index >= 15 is 0 Å². The number of aryl methyl sites for hydroxylation is 1. The monoisotopic (exact) mass is 422 g/mol. The van der Waals surface area contributed by atoms with E-state index in [-0.39, 0.29) is 18.6 Å². The van der Waals surface area contributed by atoms with Crippen LogP contribution in [0.25, 0.3) is 0 Å². The normalized spacial score (nSPS) is 16.2. The Morgan fingerprint density at radius 3 is 2.48 bits per heavy atom. The van der Waals surface area contributed by atoms with Gasteiger partial charge in [-0.05, 0) is 69.4 Å². The van der Waals surface area contributed by atoms with Gasteiger partial charge in [0.1, 0.15) is 11.4 Å². The number of ether oxygens (including phenoxy) is 2. The zero-order valence-electron chi connectivity index (χ0n) is 18.7. The lowest BCUT2D eigenvalue weighted by Gasteiger charge is -2.30. The molecular weight excluding hydrogens is 392 g/mol. The van der Waals surface area contributed by atoms with Crippen LogP contribution in [0.4, 0.5) is 10.5 Å². The standard InChI is InChI=1S/C25H30N2O4/c1-17-6-5-7-18(12-17)15-27-21-13-19-8-10-26(24(29)31-25(2,3)4)11-9-20(19)14-22(21)30-16-23(27)28/h5-7,12-14H,8-11,15-16H2,1-4H3. The molecule has 0 fully saturated rings. The lowest BCUT2D eigenvalue weighted by molar-refractivity contribution is -0.121. The molecule has 0 saturated carbocycles. The fourth-order valence-electron chi connectivity index (χ4n) is 4.10. The predicted molar refractivity (Wildman–Crippen MR) is 120 cm³/mol. The van der Waals surface area contributed by atoms with Crippen molar-refractivity contribution in [1.29, 1.82) is 0 Å². The van der Waals surface area contributed by atoms with E-state index in [9.17, 15) is 9.59 Å². The number of nitrogens with zero attached hydrogens (tertiary/aromatic N) is 2. The van der Waals surface area contributed by atoms with Crippen LogP contribution in [0.1, 0.15) is 43.0 Å². The van der Waals surface area contributed by atoms with Crippen LogP contribution in [-0.4, -0.2) is 42.2 Å². The Kier molecular flexibility index (Phi) is 5.65. The topological polar surface area (TPSA) is 59.1 Å². The number of hydrogen-bond acceptors (Lipinski definition) is 4. The zero-order valence-corrected chi connectivity index (χ0v) is 18.7. The Morgan fingerprint density at radius 2 is 1.81 bits per heavy atom. The van der Waals surface area contributed by atoms with Gasteiger partial charge in [0.2, 0.25) is 0 Å². The summed E-state index contributed by atoms with van der Waals surface area (Å²) < 4.78 is 11.3. The molecule has 0 spiro atoms. The Morgan fingerprint density at radius 1 is 1.10 bits per heavy atom. The van der Waals surface area contributed by atoms with Crippen molar-refractivity contribution in [2.75, 3.05) is 24.6 Å². The van der Waals surface area contributed by atoms with Crippen molar-refractivity contribution in [1.82, 2.24) is 4.90 Å². The molecule has 0 bridgehead atoms. The lowest BCUT2D eigenvalue weighted by atomic mass is 10.00. The molecule has 2 aromatic carbocycles. The third-order valence-electron chi connectivity index (χ3n) is 5.60. The molecule has 31 heavy (non-hydrogen) atoms. The summed E-state index contributed by atoms with van der Waals surface area (Å²) in [6.07, 6.45) is 1.17. The van der Waals surface area contributed by atoms with Gasteiger partial charge in [0, 0.05) is 13.1 Å². The molecule has 0 N–H and O–H groups in total. The third kappa shape index (κ3) is 4.84. The van der Waals surface area contributed by atoms with E-state index in [4.69, 9.17) is 9.47 Å². The second kappa shape index (κ2) is 8.25. The van der Waals surface area contributed by atoms with Crippen LogP contribution in [0, 0.1) is 6.92 Å². The number of amides is 2. The third-order valence-corrected chi connectivity index (χ3v) is 5.60. The summed E-state index contributed by atoms with van der Waals surface area (Å²) in [4.78, 5) is 28.8. The molecule has 4 rings (SSSR count). The minimum absolute atomic E-state index is 0.0433. The molecule has 2 heterocycles. The first-order valence-corrected chi connectivity index (χ1v) is 10.8. The highest BCUT2D eigenvalue weighted by molar-refractivity contribution is 5.98. The molecular formula is C25H30N2O4. The molecule has 0 aliphatic carbocycles. The number of carbonyl (C=O) groups is 2. The predicted octanol–water partition coefficient (Wildman–Crippen LogP) is 4.26. The molecule has 0 unspecified atom stereocenters. The molecule has 0 saturated heterocycles. The van der Waals surface area contributed by atoms with Crippen molar-refractivity contribution in [3.05, 3.63) is 58.7 Å². The zero-order chi connectivity index (χ0) is 22.2. The van der Waals surface area contributed by atoms with Crippen molar-refractivity contribution in [3.8, 4) is 5.75 Å². The van der Waals surface area contributed by atoms with E-state index in [1.54, 1.807) is 4.90 Å². The molecule has 164 valence electrons. The Labute approximate surface area is 183 Å². The highest BCUT2D eigenvalue weighted by Gasteiger charge is 2.29. The number of carbonyl (C=O) groups excluding carboxylic acids is 2. The smallest absolute Gasteiger partial charge is 0.410 e. The Hall–Kier alpha value is -3.02. The molecule has 2 aromatic rings. The molecule has 2 aliphatic rings. The van der Waals surface area contributed by atoms with Gasteiger partial charge in [0.25, 0.3) is 5.91 Å². The van der Waals surface area contributed by atoms with Gasteiger partial charge in [-0.15, -0.1) is 0 Å². The van der Waals surface area contributed by atoms with Crippen LogP contribution in [-0.2, 0) is 28.9 Å². The maximum absolute atomic E-state index is 12.7. The maximum Gasteiger partial charge on any atom is 0.410 e. The van der Waals surface area contributed by atoms with E-state index in [1.807, 2.05) is 43.9 Å². The van der Waals surface area contributed by atoms with E-state index in [0.29, 0.717) is 26.1 Å². The second-order valence-corrected chi connectivity index (χ2v) is 9.31. The minimum Gasteiger partial charge on any atom is -0.482 e. The van der Waals surface area contributed by atoms with Crippen molar-refractivity contribution in [2.45, 2.75) is 52.7 Å². The first kappa shape index (κ1) is 21.2. The minimum atomic E-state index is -0.514. The fourth-order valence-corrected chi connectivity index (χ4v) is 4.10. The van der Waals surface area contributed by atoms with Crippen LogP contribution >= 0.6 is 0 Å². The van der Waals surface area contributed by atoms with E-state index < -0.39 is 5.60 Å². The van der Waals surface area contributed by atoms with Crippen molar-refractivity contribution in [3.63, 3.8) is 0 Å². The summed E-state index contributed by atoms with van der Waals surface area (Å²) in [6, 6.07) is 12.3. The van der Waals surface area contributed by atoms with Crippen LogP contribution in [0.2, 0.25) is 0 Å². The van der Waals surface area contributed by atoms with Gasteiger partial charge < -0.3 is 19.3 Å². The number of benzene rings is 2. The largest absolute Gasteiger partial charge is 0.482 e. The van der Waals surface area contributed by atoms with Crippen molar-refractivity contribution in [2.24, 2.45) is 0 Å². The van der Waals surface area contributed by atoms with Crippen LogP contribution < -0.4 is 9.64 Å². The molecule has 6 heteroatoms. The van der Waals surface area contributed by atoms with Gasteiger partial charge in [0.15, 0.2) is 6.61 Å². The molecule has 0 aromatic heterocycles. The molecule has 2 aliphatic heterocycles. The molecule has 0 radical (unpaired) electrons. The number of hydrogen-bond donors (Lipinski definition) is 0. The second-order valence-electron chi connectivity index (χ2n) is 9.31. The first-order valence-electron chi connectivity index (χ1n) is 10.8. The van der Waals surface area contributed by atoms with Gasteiger partial charge in [-0.3, -0.25) is 4.79 Å². The fraction of sp³-hybridized carbons (Fsp3) is 0.440. The average Bonchev–Trinajstić information content (AvgIpc) is 2.90. The number of anilines is 1. The SMILES string of the molecule is Cc1cccc(CN2C(=O)COc3cc4c(cc32)CCN(C(=O)OC(C)(C)C)CC4)c1. The van der Waals surface area contributed by atoms with Crippen LogP contribution in [0.5, 0.6) is 5.75 Å². The first-order chi connectivity index (χ1) is 14.7. The molecule has 2 amide bonds. The van der Waals surface area contributed by atoms with E-state index in [1.165, 1.54) is 5.56 Å². The van der Waals surface area contributed by atoms with E-state index in [2.05, 4.69) is 25.1 Å². The summed E-state index contributed by atoms with van der Waals surface area (Å²) in [7, 11) is 0. The molecule has 6 nitrogen and oxygen atoms in total. The highest BCUT2D eigenvalue weighted by atomic mass is 16.6. The number of fused-ring (bicyclic) bond motifs is 2. The summed E-state index contributed by atoms with van der Waals surface area (Å²) in [5, 5.41) is 0. The van der Waals surface area contributed by atoms with Gasteiger partial charge in [-0.25, -0.2) is 4.79 Å². The summed E-state index contributed by atoms with van der Waals surface area (Å²) in [6.45, 7) is 9.43. The molecule has 0 atom stereocenters. The van der Waals surface area contributed by atoms with Crippen LogP contribution in [0.3, 0.4) is 0 Å². The summed E-state index contributed by atoms with van der Waals surface area (Å²) in [5.74, 6) is 0.690. The Bertz CT molecular complexity index is 1010. The van der Waals surface area contributed by atoms with Crippen molar-refractivity contribution < 1.29 is 19.1 Å². The average molecular weight is 423 g/mol. The number of rotatable bonds is 2. The lowest BCUT2D eigenvalue weighted by Crippen LogP contribution is -2.38. The Balaban J connectivity index is 1.57. The van der Waals surface area contributed by atoms with Gasteiger partial charge >= 0.3 is 6.09 Å². The maximum atomic E-state index is 12.7. The quantitative estimate of drug-likeness (QED) is 0.726. The van der Waals surface area contributed by atoms with Gasteiger partial charge in [0.05, 0.1) is 12.2 Å². The summed E-state index contributed by atoms with van der Waals surface area (Å²) >= 11 is 0. The van der Waals surface area contributed by atoms with Gasteiger partial charge in [-0.1, -0.05) is 29.8 Å². The van der Waals surface area contributed by atoms with Gasteiger partial charge in [-0.2, -0.15) is 0 Å².